The van der Waals surface area contributed by atoms with Crippen LogP contribution in [0.5, 0.6) is 0 Å². The molecule has 21 heavy (non-hydrogen) atoms. The van der Waals surface area contributed by atoms with E-state index in [1.54, 1.807) is 6.33 Å². The fourth-order valence-electron chi connectivity index (χ4n) is 3.51. The third-order valence-electron chi connectivity index (χ3n) is 4.74. The third kappa shape index (κ3) is 2.22. The van der Waals surface area contributed by atoms with Crippen LogP contribution >= 0.6 is 11.3 Å². The Morgan fingerprint density at radius 2 is 2.33 bits per heavy atom. The summed E-state index contributed by atoms with van der Waals surface area (Å²) in [6.45, 7) is 4.33. The van der Waals surface area contributed by atoms with Gasteiger partial charge in [-0.05, 0) is 38.5 Å². The molecule has 1 fully saturated rings. The van der Waals surface area contributed by atoms with Crippen molar-refractivity contribution in [3.8, 4) is 0 Å². The summed E-state index contributed by atoms with van der Waals surface area (Å²) in [5.41, 5.74) is 1.47. The molecule has 0 aromatic carbocycles. The van der Waals surface area contributed by atoms with Gasteiger partial charge in [-0.2, -0.15) is 0 Å². The summed E-state index contributed by atoms with van der Waals surface area (Å²) in [6, 6.07) is 0.561. The van der Waals surface area contributed by atoms with Crippen molar-refractivity contribution in [3.05, 3.63) is 16.8 Å². The van der Waals surface area contributed by atoms with E-state index in [0.29, 0.717) is 6.04 Å². The van der Waals surface area contributed by atoms with Gasteiger partial charge in [0.15, 0.2) is 0 Å². The van der Waals surface area contributed by atoms with Gasteiger partial charge < -0.3 is 15.1 Å². The van der Waals surface area contributed by atoms with Crippen LogP contribution in [-0.4, -0.2) is 54.6 Å². The fourth-order valence-corrected chi connectivity index (χ4v) is 4.66. The van der Waals surface area contributed by atoms with Gasteiger partial charge in [0.25, 0.3) is 0 Å². The molecule has 1 unspecified atom stereocenters. The van der Waals surface area contributed by atoms with Crippen molar-refractivity contribution in [2.75, 3.05) is 38.6 Å². The summed E-state index contributed by atoms with van der Waals surface area (Å²) in [5.74, 6) is 1.12. The topological polar surface area (TPSA) is 44.3 Å². The monoisotopic (exact) mass is 303 g/mol. The van der Waals surface area contributed by atoms with Crippen molar-refractivity contribution < 1.29 is 0 Å². The normalized spacial score (nSPS) is 22.7. The zero-order valence-corrected chi connectivity index (χ0v) is 13.4. The van der Waals surface area contributed by atoms with E-state index in [4.69, 9.17) is 0 Å². The van der Waals surface area contributed by atoms with E-state index < -0.39 is 0 Å². The Balaban J connectivity index is 1.79. The zero-order valence-electron chi connectivity index (χ0n) is 12.6. The maximum absolute atomic E-state index is 4.64. The highest BCUT2D eigenvalue weighted by Crippen LogP contribution is 2.37. The van der Waals surface area contributed by atoms with Crippen LogP contribution in [0.3, 0.4) is 0 Å². The molecule has 2 aliphatic rings. The Kier molecular flexibility index (Phi) is 3.32. The fraction of sp³-hybridized carbons (Fsp3) is 0.600. The first kappa shape index (κ1) is 13.4. The number of rotatable bonds is 2. The molecule has 2 aromatic heterocycles. The molecule has 112 valence electrons. The summed E-state index contributed by atoms with van der Waals surface area (Å²) in [5, 5.41) is 4.76. The van der Waals surface area contributed by atoms with Gasteiger partial charge in [-0.3, -0.25) is 0 Å². The van der Waals surface area contributed by atoms with Gasteiger partial charge in [0.2, 0.25) is 0 Å². The second-order valence-corrected chi connectivity index (χ2v) is 7.21. The molecule has 4 rings (SSSR count). The van der Waals surface area contributed by atoms with Crippen LogP contribution in [0, 0.1) is 0 Å². The van der Waals surface area contributed by atoms with Crippen molar-refractivity contribution in [3.63, 3.8) is 0 Å². The molecule has 1 N–H and O–H groups in total. The molecule has 0 spiro atoms. The summed E-state index contributed by atoms with van der Waals surface area (Å²) in [7, 11) is 4.39. The predicted molar refractivity (Wildman–Crippen MR) is 87.1 cm³/mol. The molecule has 0 radical (unpaired) electrons. The Hall–Kier alpha value is -1.24. The van der Waals surface area contributed by atoms with Gasteiger partial charge >= 0.3 is 0 Å². The van der Waals surface area contributed by atoms with Gasteiger partial charge in [0, 0.05) is 31.1 Å². The molecule has 6 heteroatoms. The number of aromatic nitrogens is 2. The Labute approximate surface area is 129 Å². The lowest BCUT2D eigenvalue weighted by molar-refractivity contribution is 0.409. The molecule has 1 atom stereocenters. The lowest BCUT2D eigenvalue weighted by atomic mass is 10.1. The first-order valence-electron chi connectivity index (χ1n) is 7.61. The Morgan fingerprint density at radius 3 is 3.14 bits per heavy atom. The Bertz CT molecular complexity index is 667. The van der Waals surface area contributed by atoms with Crippen LogP contribution in [0.2, 0.25) is 0 Å². The standard InChI is InChI=1S/C15H21N5S/c1-19-6-4-10(8-19)20(2)14-13-11-3-5-16-7-12(11)21-15(13)18-9-17-14/h9-10,16H,3-8H2,1-2H3. The minimum atomic E-state index is 0.561. The zero-order chi connectivity index (χ0) is 14.4. The second-order valence-electron chi connectivity index (χ2n) is 6.12. The van der Waals surface area contributed by atoms with Crippen LogP contribution in [-0.2, 0) is 13.0 Å². The number of hydrogen-bond acceptors (Lipinski definition) is 6. The van der Waals surface area contributed by atoms with Crippen LogP contribution < -0.4 is 10.2 Å². The first-order chi connectivity index (χ1) is 10.2. The molecular formula is C15H21N5S. The smallest absolute Gasteiger partial charge is 0.141 e. The predicted octanol–water partition coefficient (Wildman–Crippen LogP) is 1.48. The molecule has 0 amide bonds. The van der Waals surface area contributed by atoms with E-state index >= 15 is 0 Å². The minimum Gasteiger partial charge on any atom is -0.355 e. The van der Waals surface area contributed by atoms with Gasteiger partial charge in [-0.1, -0.05) is 0 Å². The molecule has 2 aliphatic heterocycles. The average Bonchev–Trinajstić information content (AvgIpc) is 3.09. The van der Waals surface area contributed by atoms with Gasteiger partial charge in [-0.15, -0.1) is 11.3 Å². The highest BCUT2D eigenvalue weighted by atomic mass is 32.1. The maximum Gasteiger partial charge on any atom is 0.141 e. The first-order valence-corrected chi connectivity index (χ1v) is 8.43. The van der Waals surface area contributed by atoms with Crippen molar-refractivity contribution in [2.45, 2.75) is 25.4 Å². The van der Waals surface area contributed by atoms with E-state index in [1.165, 1.54) is 28.8 Å². The number of thiophene rings is 1. The molecule has 5 nitrogen and oxygen atoms in total. The number of hydrogen-bond donors (Lipinski definition) is 1. The summed E-state index contributed by atoms with van der Waals surface area (Å²) in [6.07, 6.45) is 4.03. The molecule has 0 bridgehead atoms. The van der Waals surface area contributed by atoms with Crippen LogP contribution in [0.1, 0.15) is 16.9 Å². The van der Waals surface area contributed by atoms with Crippen molar-refractivity contribution in [1.29, 1.82) is 0 Å². The van der Waals surface area contributed by atoms with E-state index in [2.05, 4.69) is 39.2 Å². The van der Waals surface area contributed by atoms with Crippen molar-refractivity contribution in [2.24, 2.45) is 0 Å². The Morgan fingerprint density at radius 1 is 1.43 bits per heavy atom. The number of likely N-dealkylation sites (tertiary alicyclic amines) is 1. The van der Waals surface area contributed by atoms with Gasteiger partial charge in [0.1, 0.15) is 17.0 Å². The summed E-state index contributed by atoms with van der Waals surface area (Å²) >= 11 is 1.82. The molecular weight excluding hydrogens is 282 g/mol. The van der Waals surface area contributed by atoms with Crippen molar-refractivity contribution >= 4 is 27.4 Å². The molecule has 1 saturated heterocycles. The number of nitrogens with one attached hydrogen (secondary N) is 1. The number of anilines is 1. The molecule has 2 aromatic rings. The minimum absolute atomic E-state index is 0.561. The number of nitrogens with zero attached hydrogens (tertiary/aromatic N) is 4. The lowest BCUT2D eigenvalue weighted by Gasteiger charge is -2.26. The summed E-state index contributed by atoms with van der Waals surface area (Å²) in [4.78, 5) is 16.5. The molecule has 0 saturated carbocycles. The highest BCUT2D eigenvalue weighted by Gasteiger charge is 2.27. The lowest BCUT2D eigenvalue weighted by Crippen LogP contribution is -2.34. The van der Waals surface area contributed by atoms with E-state index in [0.717, 1.165) is 36.7 Å². The molecule has 4 heterocycles. The van der Waals surface area contributed by atoms with Gasteiger partial charge in [0.05, 0.1) is 5.39 Å². The van der Waals surface area contributed by atoms with E-state index in [1.807, 2.05) is 11.3 Å². The maximum atomic E-state index is 4.64. The van der Waals surface area contributed by atoms with Crippen LogP contribution in [0.4, 0.5) is 5.82 Å². The number of likely N-dealkylation sites (N-methyl/N-ethyl adjacent to an activating group) is 2. The van der Waals surface area contributed by atoms with Crippen LogP contribution in [0.25, 0.3) is 10.2 Å². The number of fused-ring (bicyclic) bond motifs is 3. The summed E-state index contributed by atoms with van der Waals surface area (Å²) < 4.78 is 0. The largest absolute Gasteiger partial charge is 0.355 e. The van der Waals surface area contributed by atoms with Gasteiger partial charge in [-0.25, -0.2) is 9.97 Å². The SMILES string of the molecule is CN1CCC(N(C)c2ncnc3sc4c(c23)CCNC4)C1. The average molecular weight is 303 g/mol. The quantitative estimate of drug-likeness (QED) is 0.910. The molecule has 0 aliphatic carbocycles. The van der Waals surface area contributed by atoms with E-state index in [-0.39, 0.29) is 0 Å². The van der Waals surface area contributed by atoms with Crippen molar-refractivity contribution in [1.82, 2.24) is 20.2 Å². The van der Waals surface area contributed by atoms with E-state index in [9.17, 15) is 0 Å². The third-order valence-corrected chi connectivity index (χ3v) is 5.88. The highest BCUT2D eigenvalue weighted by molar-refractivity contribution is 7.19. The van der Waals surface area contributed by atoms with Crippen LogP contribution in [0.15, 0.2) is 6.33 Å². The second kappa shape index (κ2) is 5.19.